The zero-order valence-corrected chi connectivity index (χ0v) is 76.0. The number of esters is 1. The molecule has 14 N–H and O–H groups in total. The number of methoxy groups -OCH3 is 2. The number of urea groups is 5. The molecule has 3 aromatic heterocycles. The summed E-state index contributed by atoms with van der Waals surface area (Å²) in [6.07, 6.45) is 9.11. The van der Waals surface area contributed by atoms with Crippen molar-refractivity contribution in [1.29, 1.82) is 0 Å². The van der Waals surface area contributed by atoms with Gasteiger partial charge in [-0.1, -0.05) is 127 Å². The zero-order chi connectivity index (χ0) is 96.4. The zero-order valence-electron chi connectivity index (χ0n) is 73.5. The summed E-state index contributed by atoms with van der Waals surface area (Å²) in [4.78, 5) is 80.0. The second kappa shape index (κ2) is 54.3. The van der Waals surface area contributed by atoms with E-state index >= 15 is 0 Å². The second-order valence-electron chi connectivity index (χ2n) is 27.5. The maximum atomic E-state index is 11.8. The number of aliphatic carboxylic acids is 1. The fourth-order valence-electron chi connectivity index (χ4n) is 11.0. The first kappa shape index (κ1) is 99.9. The molecule has 0 radical (unpaired) electrons. The second-order valence-corrected chi connectivity index (χ2v) is 29.1. The number of carboxylic acids is 1. The summed E-state index contributed by atoms with van der Waals surface area (Å²) in [6, 6.07) is 81.0. The molecule has 3 heterocycles. The molecule has 41 heteroatoms. The predicted octanol–water partition coefficient (Wildman–Crippen LogP) is 17.5. The maximum absolute atomic E-state index is 11.8. The Morgan fingerprint density at radius 3 is 1.27 bits per heavy atom. The van der Waals surface area contributed by atoms with E-state index in [0.717, 1.165) is 90.5 Å². The topological polar surface area (TPSA) is 502 Å². The largest absolute Gasteiger partial charge is 0.507 e. The van der Waals surface area contributed by atoms with Crippen LogP contribution in [0, 0.1) is 13.8 Å². The summed E-state index contributed by atoms with van der Waals surface area (Å²) in [5, 5.41) is 58.0. The number of anilines is 6. The molecule has 0 aliphatic heterocycles. The quantitative estimate of drug-likeness (QED) is 0.00937. The van der Waals surface area contributed by atoms with Gasteiger partial charge in [-0.25, -0.2) is 55.9 Å². The average molecular weight is 1890 g/mol. The van der Waals surface area contributed by atoms with E-state index in [4.69, 9.17) is 28.8 Å². The van der Waals surface area contributed by atoms with Crippen LogP contribution in [-0.4, -0.2) is 143 Å². The molecular formula is C95H90N24O14S3. The lowest BCUT2D eigenvalue weighted by Gasteiger charge is -2.08. The molecule has 12 aromatic carbocycles. The third-order valence-electron chi connectivity index (χ3n) is 17.3. The molecule has 0 atom stereocenters. The van der Waals surface area contributed by atoms with Gasteiger partial charge in [-0.2, -0.15) is 56.8 Å². The van der Waals surface area contributed by atoms with Crippen molar-refractivity contribution in [2.24, 2.45) is 30.6 Å². The van der Waals surface area contributed by atoms with Gasteiger partial charge in [-0.3, -0.25) is 10.2 Å². The molecule has 15 rings (SSSR count). The Morgan fingerprint density at radius 2 is 0.772 bits per heavy atom. The summed E-state index contributed by atoms with van der Waals surface area (Å²) >= 11 is 3.39. The van der Waals surface area contributed by atoms with Crippen LogP contribution in [0.15, 0.2) is 322 Å². The summed E-state index contributed by atoms with van der Waals surface area (Å²) < 4.78 is 50.7. The van der Waals surface area contributed by atoms with Gasteiger partial charge in [-0.05, 0) is 213 Å². The van der Waals surface area contributed by atoms with E-state index in [0.29, 0.717) is 80.3 Å². The highest BCUT2D eigenvalue weighted by Crippen LogP contribution is 2.29. The molecule has 38 nitrogen and oxygen atoms in total. The molecule has 0 unspecified atom stereocenters. The lowest BCUT2D eigenvalue weighted by atomic mass is 10.2. The van der Waals surface area contributed by atoms with Crippen molar-refractivity contribution in [3.8, 4) is 34.5 Å². The van der Waals surface area contributed by atoms with Gasteiger partial charge in [0.05, 0.1) is 105 Å². The van der Waals surface area contributed by atoms with Crippen LogP contribution >= 0.6 is 35.2 Å². The number of phenolic OH excluding ortho intramolecular Hbond substituents is 1. The van der Waals surface area contributed by atoms with Gasteiger partial charge >= 0.3 is 42.1 Å². The van der Waals surface area contributed by atoms with Crippen molar-refractivity contribution in [2.75, 3.05) is 59.3 Å². The summed E-state index contributed by atoms with van der Waals surface area (Å²) in [6.45, 7) is 11.4. The Balaban J connectivity index is 0.000000169. The highest BCUT2D eigenvalue weighted by molar-refractivity contribution is 7.00. The van der Waals surface area contributed by atoms with Gasteiger partial charge < -0.3 is 65.8 Å². The van der Waals surface area contributed by atoms with Crippen LogP contribution in [0.25, 0.3) is 33.1 Å². The number of aromatic hydroxyl groups is 1. The van der Waals surface area contributed by atoms with Gasteiger partial charge in [0.15, 0.2) is 18.1 Å². The highest BCUT2D eigenvalue weighted by Gasteiger charge is 2.13. The average Bonchev–Trinajstić information content (AvgIpc) is 1.69. The highest BCUT2D eigenvalue weighted by atomic mass is 32.1. The molecule has 0 aliphatic carbocycles. The Bertz CT molecular complexity index is 6650. The standard InChI is InChI=1S/2C17H17N3O4.C16H15N5OS.C16H17N3O2.C15H13N5OS.C14H11N5O2S/c1-12-2-6-14(7-3-12)19-17(23)20-18-10-13-4-8-15(9-5-13)24-11-16(21)22;1-12(21)24-15-9-8-13(10-16(15)23-2)11-18-20-17(22)19-14-6-4-3-5-7-14;1-11(18-13-7-8-14-15(9-13)21-23-20-14)19-17-10-12-5-3-4-6-16(12)22-2;1-2-21-15-10-8-13(9-11-15)12-17-19-16(20)18-14-6-4-3-5-7-14;1-10-5-7-11(8-6-10)9-16-18-15(21)17-12-3-2-4-13-14(12)20-22-19-13;20-12-7-2-1-4-9(12)8-15-17-14(21)16-10-5-3-6-11-13(10)19-22-18-11/h2-10H,11H2,1H3,(H,21,22)(H2,19,20,23);3-11H,1-2H3,(H2,19,20,22);3-10,18-19H,1H2,2H3;3-12H,2H2,1H3,(H2,18,19,20);2-9H,1H3,(H2,17,18,21);1-8,20H,(H2,16,17,21)/b18-10+;18-11+;17-10+;17-12+;16-9+;15-8+. The molecule has 0 saturated heterocycles. The Hall–Kier alpha value is -18.2. The number of benzene rings is 12. The van der Waals surface area contributed by atoms with E-state index in [-0.39, 0.29) is 11.8 Å². The van der Waals surface area contributed by atoms with Crippen LogP contribution in [0.4, 0.5) is 58.1 Å². The molecule has 10 amide bonds. The number of nitrogens with zero attached hydrogens (tertiary/aromatic N) is 12. The number of phenols is 1. The summed E-state index contributed by atoms with van der Waals surface area (Å²) in [7, 11) is 3.10. The first-order chi connectivity index (χ1) is 66.1. The SMILES string of the molecule is C=C(N/N=C/c1ccccc1OC)Nc1ccc2nsnc2c1.CCOc1ccc(/C=N/NC(=O)Nc2ccccc2)cc1.COc1cc(/C=N/NC(=O)Nc2ccccc2)ccc1OC(C)=O.Cc1ccc(/C=N/NC(=O)Nc2cccc3nsnc23)cc1.Cc1ccc(NC(=O)N/N=C/c2ccc(OCC(=O)O)cc2)cc1.O=C(N/N=C/c1ccccc1O)Nc1cccc2nsnc12. The number of hydrogen-bond acceptors (Lipinski definition) is 30. The van der Waals surface area contributed by atoms with Crippen molar-refractivity contribution in [3.05, 3.63) is 336 Å². The van der Waals surface area contributed by atoms with Crippen LogP contribution in [0.3, 0.4) is 0 Å². The number of ether oxygens (including phenoxy) is 5. The molecule has 0 spiro atoms. The molecule has 0 saturated carbocycles. The minimum absolute atomic E-state index is 0.0896. The maximum Gasteiger partial charge on any atom is 0.341 e. The van der Waals surface area contributed by atoms with Crippen molar-refractivity contribution < 1.29 is 67.5 Å². The van der Waals surface area contributed by atoms with Crippen molar-refractivity contribution in [2.45, 2.75) is 27.7 Å². The molecule has 136 heavy (non-hydrogen) atoms. The number of hydrazone groups is 6. The number of carbonyl (C=O) groups excluding carboxylic acids is 6. The number of carbonyl (C=O) groups is 7. The van der Waals surface area contributed by atoms with Gasteiger partial charge in [0.1, 0.15) is 61.9 Å². The van der Waals surface area contributed by atoms with Gasteiger partial charge in [0.25, 0.3) is 0 Å². The van der Waals surface area contributed by atoms with Crippen molar-refractivity contribution in [3.63, 3.8) is 0 Å². The predicted molar refractivity (Wildman–Crippen MR) is 532 cm³/mol. The van der Waals surface area contributed by atoms with Crippen molar-refractivity contribution >= 4 is 182 Å². The fraction of sp³-hybridized carbons (Fsp3) is 0.0842. The number of aryl methyl sites for hydroxylation is 2. The smallest absolute Gasteiger partial charge is 0.341 e. The van der Waals surface area contributed by atoms with E-state index in [1.807, 2.05) is 178 Å². The number of aromatic nitrogens is 6. The van der Waals surface area contributed by atoms with Crippen molar-refractivity contribution in [1.82, 2.24) is 58.8 Å². The summed E-state index contributed by atoms with van der Waals surface area (Å²) in [5.41, 5.74) is 30.2. The third kappa shape index (κ3) is 35.3. The van der Waals surface area contributed by atoms with Crippen LogP contribution < -0.4 is 88.1 Å². The number of carboxylic acid groups (broad SMARTS) is 1. The van der Waals surface area contributed by atoms with Gasteiger partial charge in [0, 0.05) is 40.8 Å². The van der Waals surface area contributed by atoms with E-state index in [9.17, 15) is 38.7 Å². The number of nitrogens with one attached hydrogen (secondary N) is 12. The lowest BCUT2D eigenvalue weighted by Crippen LogP contribution is -2.24. The van der Waals surface area contributed by atoms with Gasteiger partial charge in [0.2, 0.25) is 0 Å². The Labute approximate surface area is 791 Å². The number of fused-ring (bicyclic) bond motifs is 3. The minimum atomic E-state index is -1.04. The molecule has 0 fully saturated rings. The number of para-hydroxylation sites is 4. The van der Waals surface area contributed by atoms with E-state index in [2.05, 4.69) is 128 Å². The van der Waals surface area contributed by atoms with Crippen LogP contribution in [0.1, 0.15) is 58.4 Å². The molecule has 0 aliphatic rings. The lowest BCUT2D eigenvalue weighted by molar-refractivity contribution is -0.139. The Kier molecular flexibility index (Phi) is 39.9. The normalized spacial score (nSPS) is 10.6. The number of hydrogen-bond donors (Lipinski definition) is 14. The van der Waals surface area contributed by atoms with E-state index in [1.165, 1.54) is 56.0 Å². The van der Waals surface area contributed by atoms with Gasteiger partial charge in [-0.15, -0.1) is 0 Å². The number of amides is 10. The number of rotatable bonds is 28. The molecule has 692 valence electrons. The van der Waals surface area contributed by atoms with E-state index in [1.54, 1.807) is 141 Å². The first-order valence-corrected chi connectivity index (χ1v) is 42.9. The van der Waals surface area contributed by atoms with E-state index < -0.39 is 42.7 Å². The summed E-state index contributed by atoms with van der Waals surface area (Å²) in [5.74, 6) is 1.89. The first-order valence-electron chi connectivity index (χ1n) is 40.7. The molecular weight excluding hydrogens is 1800 g/mol. The Morgan fingerprint density at radius 1 is 0.368 bits per heavy atom. The monoisotopic (exact) mass is 1890 g/mol. The van der Waals surface area contributed by atoms with Crippen LogP contribution in [0.2, 0.25) is 0 Å². The molecule has 15 aromatic rings. The fourth-order valence-corrected chi connectivity index (χ4v) is 12.6. The van der Waals surface area contributed by atoms with Crippen LogP contribution in [-0.2, 0) is 9.59 Å². The minimum Gasteiger partial charge on any atom is -0.507 e. The molecule has 0 bridgehead atoms. The van der Waals surface area contributed by atoms with Crippen LogP contribution in [0.5, 0.6) is 34.5 Å². The third-order valence-corrected chi connectivity index (χ3v) is 19.0.